The Hall–Kier alpha value is -1.34. The van der Waals surface area contributed by atoms with Crippen LogP contribution in [0.15, 0.2) is 75.0 Å². The number of anilines is 2. The highest BCUT2D eigenvalue weighted by Gasteiger charge is 2.45. The molecule has 1 fully saturated rings. The molecule has 0 bridgehead atoms. The molecule has 1 aliphatic heterocycles. The van der Waals surface area contributed by atoms with Crippen molar-refractivity contribution >= 4 is 54.6 Å². The quantitative estimate of drug-likeness (QED) is 0.544. The third-order valence-corrected chi connectivity index (χ3v) is 6.48. The zero-order chi connectivity index (χ0) is 17.4. The largest absolute Gasteiger partial charge is 0.365 e. The van der Waals surface area contributed by atoms with E-state index in [4.69, 9.17) is 0 Å². The molecule has 2 heterocycles. The Morgan fingerprint density at radius 2 is 1.48 bits per heavy atom. The predicted octanol–water partition coefficient (Wildman–Crippen LogP) is 5.40. The minimum atomic E-state index is -1.05. The van der Waals surface area contributed by atoms with Crippen molar-refractivity contribution in [2.75, 3.05) is 23.0 Å². The number of hydrogen-bond donors (Lipinski definition) is 1. The van der Waals surface area contributed by atoms with Crippen LogP contribution in [0.4, 0.5) is 11.4 Å². The lowest BCUT2D eigenvalue weighted by Gasteiger charge is -2.32. The van der Waals surface area contributed by atoms with Gasteiger partial charge in [-0.1, -0.05) is 37.9 Å². The molecule has 0 radical (unpaired) electrons. The van der Waals surface area contributed by atoms with E-state index in [0.717, 1.165) is 25.2 Å². The molecule has 0 saturated carbocycles. The van der Waals surface area contributed by atoms with E-state index >= 15 is 0 Å². The summed E-state index contributed by atoms with van der Waals surface area (Å²) in [4.78, 5) is 5.22. The van der Waals surface area contributed by atoms with Crippen molar-refractivity contribution in [3.05, 3.63) is 79.9 Å². The van der Waals surface area contributed by atoms with Gasteiger partial charge < -0.3 is 14.9 Å². The number of hydrogen-bond acceptors (Lipinski definition) is 4. The predicted molar refractivity (Wildman–Crippen MR) is 111 cm³/mol. The Balaban J connectivity index is 1.74. The Morgan fingerprint density at radius 1 is 0.880 bits per heavy atom. The molecule has 6 heteroatoms. The number of rotatable bonds is 3. The summed E-state index contributed by atoms with van der Waals surface area (Å²) in [6, 6.07) is 20.3. The lowest BCUT2D eigenvalue weighted by Crippen LogP contribution is -2.42. The Labute approximate surface area is 167 Å². The molecule has 2 aromatic carbocycles. The summed E-state index contributed by atoms with van der Waals surface area (Å²) in [5.41, 5.74) is 1.05. The number of benzene rings is 2. The van der Waals surface area contributed by atoms with Crippen LogP contribution in [0.3, 0.4) is 0 Å². The number of β-amino-alcohol motifs (C(OH)–C–C–N with tert-alkyl or cyclic N) is 1. The summed E-state index contributed by atoms with van der Waals surface area (Å²) >= 11 is 8.55. The molecule has 128 valence electrons. The van der Waals surface area contributed by atoms with Crippen LogP contribution in [0.2, 0.25) is 0 Å². The Kier molecular flexibility index (Phi) is 4.62. The first-order valence-corrected chi connectivity index (χ1v) is 10.3. The monoisotopic (exact) mass is 478 g/mol. The zero-order valence-electron chi connectivity index (χ0n) is 13.3. The molecule has 25 heavy (non-hydrogen) atoms. The second kappa shape index (κ2) is 6.76. The second-order valence-corrected chi connectivity index (χ2v) is 8.79. The van der Waals surface area contributed by atoms with E-state index in [1.807, 2.05) is 53.9 Å². The maximum absolute atomic E-state index is 11.6. The number of nitrogens with zero attached hydrogens (tertiary/aromatic N) is 2. The van der Waals surface area contributed by atoms with E-state index < -0.39 is 5.72 Å². The molecule has 0 amide bonds. The van der Waals surface area contributed by atoms with Crippen LogP contribution in [0.5, 0.6) is 0 Å². The van der Waals surface area contributed by atoms with Gasteiger partial charge in [-0.3, -0.25) is 0 Å². The fraction of sp³-hybridized carbons (Fsp3) is 0.158. The molecule has 1 N–H and O–H groups in total. The smallest absolute Gasteiger partial charge is 0.193 e. The van der Waals surface area contributed by atoms with Gasteiger partial charge in [-0.2, -0.15) is 0 Å². The third kappa shape index (κ3) is 3.24. The summed E-state index contributed by atoms with van der Waals surface area (Å²) < 4.78 is 2.08. The van der Waals surface area contributed by atoms with Gasteiger partial charge in [0, 0.05) is 20.3 Å². The molecule has 4 rings (SSSR count). The van der Waals surface area contributed by atoms with E-state index in [2.05, 4.69) is 53.8 Å². The fourth-order valence-electron chi connectivity index (χ4n) is 3.15. The second-order valence-electron chi connectivity index (χ2n) is 6.01. The molecule has 0 aliphatic carbocycles. The Bertz CT molecular complexity index is 852. The van der Waals surface area contributed by atoms with Crippen LogP contribution >= 0.6 is 43.2 Å². The van der Waals surface area contributed by atoms with Crippen molar-refractivity contribution in [2.45, 2.75) is 5.72 Å². The highest BCUT2D eigenvalue weighted by molar-refractivity contribution is 9.10. The molecule has 3 aromatic rings. The lowest BCUT2D eigenvalue weighted by molar-refractivity contribution is 0.0668. The topological polar surface area (TPSA) is 26.7 Å². The highest BCUT2D eigenvalue weighted by Crippen LogP contribution is 2.40. The van der Waals surface area contributed by atoms with Crippen molar-refractivity contribution in [1.82, 2.24) is 0 Å². The summed E-state index contributed by atoms with van der Waals surface area (Å²) in [6.07, 6.45) is 0. The molecular formula is C19H16Br2N2OS. The maximum Gasteiger partial charge on any atom is 0.193 e. The summed E-state index contributed by atoms with van der Waals surface area (Å²) in [6.45, 7) is 1.14. The molecule has 1 unspecified atom stereocenters. The van der Waals surface area contributed by atoms with Crippen LogP contribution in [-0.4, -0.2) is 18.3 Å². The molecular weight excluding hydrogens is 464 g/mol. The fourth-order valence-corrected chi connectivity index (χ4v) is 4.50. The lowest BCUT2D eigenvalue weighted by atomic mass is 10.1. The van der Waals surface area contributed by atoms with E-state index in [1.165, 1.54) is 0 Å². The van der Waals surface area contributed by atoms with Gasteiger partial charge in [0.05, 0.1) is 18.1 Å². The summed E-state index contributed by atoms with van der Waals surface area (Å²) in [5, 5.41) is 13.6. The van der Waals surface area contributed by atoms with Gasteiger partial charge in [0.1, 0.15) is 0 Å². The van der Waals surface area contributed by atoms with Gasteiger partial charge in [-0.15, -0.1) is 11.3 Å². The van der Waals surface area contributed by atoms with Crippen molar-refractivity contribution in [1.29, 1.82) is 0 Å². The molecule has 1 aliphatic rings. The van der Waals surface area contributed by atoms with E-state index in [1.54, 1.807) is 11.3 Å². The van der Waals surface area contributed by atoms with Gasteiger partial charge in [0.15, 0.2) is 5.72 Å². The average Bonchev–Trinajstić information content (AvgIpc) is 3.25. The summed E-state index contributed by atoms with van der Waals surface area (Å²) in [5.74, 6) is 0. The Morgan fingerprint density at radius 3 is 2.04 bits per heavy atom. The first-order valence-electron chi connectivity index (χ1n) is 7.86. The van der Waals surface area contributed by atoms with Crippen molar-refractivity contribution in [2.24, 2.45) is 0 Å². The maximum atomic E-state index is 11.6. The van der Waals surface area contributed by atoms with Crippen LogP contribution in [0, 0.1) is 0 Å². The molecule has 3 nitrogen and oxygen atoms in total. The molecule has 1 atom stereocenters. The zero-order valence-corrected chi connectivity index (χ0v) is 17.3. The number of thiophene rings is 1. The first kappa shape index (κ1) is 17.1. The van der Waals surface area contributed by atoms with Crippen LogP contribution in [0.1, 0.15) is 4.88 Å². The van der Waals surface area contributed by atoms with E-state index in [-0.39, 0.29) is 0 Å². The van der Waals surface area contributed by atoms with E-state index in [0.29, 0.717) is 13.2 Å². The minimum absolute atomic E-state index is 0.519. The molecule has 1 saturated heterocycles. The van der Waals surface area contributed by atoms with Gasteiger partial charge in [-0.05, 0) is 60.0 Å². The van der Waals surface area contributed by atoms with Gasteiger partial charge in [-0.25, -0.2) is 0 Å². The average molecular weight is 480 g/mol. The van der Waals surface area contributed by atoms with Gasteiger partial charge >= 0.3 is 0 Å². The van der Waals surface area contributed by atoms with Crippen LogP contribution in [0.25, 0.3) is 0 Å². The van der Waals surface area contributed by atoms with Crippen LogP contribution < -0.4 is 9.80 Å². The first-order chi connectivity index (χ1) is 12.1. The third-order valence-electron chi connectivity index (χ3n) is 4.42. The van der Waals surface area contributed by atoms with E-state index in [9.17, 15) is 5.11 Å². The van der Waals surface area contributed by atoms with Gasteiger partial charge in [0.2, 0.25) is 0 Å². The van der Waals surface area contributed by atoms with Crippen molar-refractivity contribution in [3.8, 4) is 0 Å². The normalized spacial score (nSPS) is 20.3. The number of halogens is 2. The minimum Gasteiger partial charge on any atom is -0.365 e. The van der Waals surface area contributed by atoms with Crippen molar-refractivity contribution in [3.63, 3.8) is 0 Å². The summed E-state index contributed by atoms with van der Waals surface area (Å²) in [7, 11) is 0. The van der Waals surface area contributed by atoms with Gasteiger partial charge in [0.25, 0.3) is 0 Å². The van der Waals surface area contributed by atoms with Crippen molar-refractivity contribution < 1.29 is 5.11 Å². The standard InChI is InChI=1S/C19H16Br2N2OS/c20-14-3-7-16(8-4-14)22-12-19(24,18-2-1-11-25-18)23(13-22)17-9-5-15(21)6-10-17/h1-11,24H,12-13H2. The molecule has 1 aromatic heterocycles. The number of aliphatic hydroxyl groups is 1. The molecule has 0 spiro atoms. The van der Waals surface area contributed by atoms with Crippen LogP contribution in [-0.2, 0) is 5.72 Å². The highest BCUT2D eigenvalue weighted by atomic mass is 79.9. The SMILES string of the molecule is OC1(c2cccs2)CN(c2ccc(Br)cc2)CN1c1ccc(Br)cc1.